The van der Waals surface area contributed by atoms with Gasteiger partial charge in [-0.15, -0.1) is 0 Å². The minimum atomic E-state index is -4.37. The number of furan rings is 2. The third-order valence-electron chi connectivity index (χ3n) is 11.5. The first-order valence-corrected chi connectivity index (χ1v) is 25.8. The van der Waals surface area contributed by atoms with Crippen molar-refractivity contribution >= 4 is 19.8 Å². The van der Waals surface area contributed by atoms with Crippen molar-refractivity contribution in [1.29, 1.82) is 0 Å². The average Bonchev–Trinajstić information content (AvgIpc) is 3.72. The van der Waals surface area contributed by atoms with E-state index < -0.39 is 26.5 Å². The van der Waals surface area contributed by atoms with Crippen molar-refractivity contribution in [2.24, 2.45) is 0 Å². The molecule has 0 fully saturated rings. The van der Waals surface area contributed by atoms with E-state index in [1.54, 1.807) is 7.05 Å². The van der Waals surface area contributed by atoms with Crippen LogP contribution in [0.5, 0.6) is 0 Å². The zero-order chi connectivity index (χ0) is 44.6. The maximum atomic E-state index is 12.7. The van der Waals surface area contributed by atoms with Crippen molar-refractivity contribution in [3.05, 3.63) is 45.8 Å². The molecule has 11 nitrogen and oxygen atoms in total. The number of likely N-dealkylation sites (N-methyl/N-ethyl adjacent to an activating group) is 1. The second-order valence-electron chi connectivity index (χ2n) is 17.1. The van der Waals surface area contributed by atoms with Gasteiger partial charge in [-0.25, -0.2) is 4.57 Å². The molecule has 352 valence electrons. The molecule has 0 saturated carbocycles. The quantitative estimate of drug-likeness (QED) is 0.0374. The Bertz CT molecular complexity index is 1490. The van der Waals surface area contributed by atoms with Gasteiger partial charge in [-0.3, -0.25) is 18.6 Å². The largest absolute Gasteiger partial charge is 0.472 e. The van der Waals surface area contributed by atoms with Gasteiger partial charge in [0.1, 0.15) is 29.6 Å². The van der Waals surface area contributed by atoms with Crippen molar-refractivity contribution < 1.29 is 46.4 Å². The highest BCUT2D eigenvalue weighted by Gasteiger charge is 2.26. The van der Waals surface area contributed by atoms with E-state index in [1.807, 2.05) is 0 Å². The average molecular weight is 880 g/mol. The molecule has 0 aromatic carbocycles. The minimum absolute atomic E-state index is 0.0269. The highest BCUT2D eigenvalue weighted by atomic mass is 31.2. The Kier molecular flexibility index (Phi) is 30.5. The summed E-state index contributed by atoms with van der Waals surface area (Å²) in [6.45, 7) is 10.6. The summed E-state index contributed by atoms with van der Waals surface area (Å²) in [5.41, 5.74) is 3.96. The van der Waals surface area contributed by atoms with Crippen LogP contribution in [0.4, 0.5) is 0 Å². The lowest BCUT2D eigenvalue weighted by Crippen LogP contribution is -2.29. The summed E-state index contributed by atoms with van der Waals surface area (Å²) in [7, 11) is -2.67. The molecule has 0 bridgehead atoms. The van der Waals surface area contributed by atoms with Crippen molar-refractivity contribution in [3.8, 4) is 0 Å². The van der Waals surface area contributed by atoms with E-state index in [1.165, 1.54) is 105 Å². The number of hydrogen-bond acceptors (Lipinski definition) is 10. The van der Waals surface area contributed by atoms with E-state index in [2.05, 4.69) is 46.0 Å². The zero-order valence-corrected chi connectivity index (χ0v) is 40.2. The number of ether oxygens (including phenoxy) is 2. The maximum Gasteiger partial charge on any atom is 0.472 e. The molecule has 12 heteroatoms. The Morgan fingerprint density at radius 1 is 0.623 bits per heavy atom. The molecule has 2 atom stereocenters. The van der Waals surface area contributed by atoms with Crippen LogP contribution in [0.1, 0.15) is 208 Å². The van der Waals surface area contributed by atoms with Gasteiger partial charge < -0.3 is 28.5 Å². The van der Waals surface area contributed by atoms with E-state index in [-0.39, 0.29) is 32.0 Å². The number of esters is 2. The molecule has 0 amide bonds. The van der Waals surface area contributed by atoms with E-state index in [0.717, 1.165) is 95.0 Å². The summed E-state index contributed by atoms with van der Waals surface area (Å²) >= 11 is 0. The van der Waals surface area contributed by atoms with Crippen LogP contribution in [0.25, 0.3) is 0 Å². The fraction of sp³-hybridized carbons (Fsp3) is 0.796. The minimum Gasteiger partial charge on any atom is -0.466 e. The molecule has 2 aromatic heterocycles. The first-order chi connectivity index (χ1) is 29.5. The molecule has 0 saturated heterocycles. The van der Waals surface area contributed by atoms with Gasteiger partial charge in [0.05, 0.1) is 13.2 Å². The normalized spacial score (nSPS) is 13.1. The van der Waals surface area contributed by atoms with E-state index in [0.29, 0.717) is 13.0 Å². The predicted molar refractivity (Wildman–Crippen MR) is 245 cm³/mol. The second-order valence-corrected chi connectivity index (χ2v) is 18.5. The molecule has 0 aliphatic carbocycles. The number of rotatable bonds is 40. The van der Waals surface area contributed by atoms with Crippen LogP contribution in [0.3, 0.4) is 0 Å². The second kappa shape index (κ2) is 34.0. The SMILES string of the molecule is CCCCCc1oc(CCCCCCCCCCCCC(=O)OC[C@H](COP(=O)(O)OCCNC)OC(=O)CCCCCCCCCCc2oc(CCC)cc2C)c(C)c1C. The van der Waals surface area contributed by atoms with Crippen LogP contribution in [-0.4, -0.2) is 56.3 Å². The number of hydrogen-bond donors (Lipinski definition) is 2. The number of nitrogens with one attached hydrogen (secondary N) is 1. The third-order valence-corrected chi connectivity index (χ3v) is 12.5. The van der Waals surface area contributed by atoms with Gasteiger partial charge in [0.25, 0.3) is 0 Å². The van der Waals surface area contributed by atoms with E-state index >= 15 is 0 Å². The number of aryl methyl sites for hydroxylation is 5. The van der Waals surface area contributed by atoms with Crippen LogP contribution in [0, 0.1) is 20.8 Å². The Morgan fingerprint density at radius 3 is 1.64 bits per heavy atom. The lowest BCUT2D eigenvalue weighted by molar-refractivity contribution is -0.161. The number of phosphoric acid groups is 1. The van der Waals surface area contributed by atoms with E-state index in [4.69, 9.17) is 27.4 Å². The monoisotopic (exact) mass is 880 g/mol. The van der Waals surface area contributed by atoms with Crippen LogP contribution in [0.2, 0.25) is 0 Å². The summed E-state index contributed by atoms with van der Waals surface area (Å²) < 4.78 is 45.6. The highest BCUT2D eigenvalue weighted by Crippen LogP contribution is 2.43. The van der Waals surface area contributed by atoms with Crippen LogP contribution >= 0.6 is 7.82 Å². The highest BCUT2D eigenvalue weighted by molar-refractivity contribution is 7.47. The van der Waals surface area contributed by atoms with Gasteiger partial charge in [0.2, 0.25) is 0 Å². The molecule has 0 radical (unpaired) electrons. The first-order valence-electron chi connectivity index (χ1n) is 24.3. The standard InChI is InChI=1S/C49H86NO10P/c1-7-9-24-31-46-41(4)42(5)47(60-46)32-26-21-17-12-10-11-13-18-22-27-33-48(51)55-38-44(39-57-61(53,54)56-36-35-50-6)59-49(52)34-28-23-19-15-14-16-20-25-30-45-40(3)37-43(58-45)29-8-2/h37,44,50H,7-36,38-39H2,1-6H3,(H,53,54)/t44-/m1/s1. The van der Waals surface area contributed by atoms with Gasteiger partial charge in [0.15, 0.2) is 6.10 Å². The van der Waals surface area contributed by atoms with Gasteiger partial charge >= 0.3 is 19.8 Å². The first kappa shape index (κ1) is 54.7. The molecule has 2 rings (SSSR count). The molecule has 2 heterocycles. The molecule has 0 spiro atoms. The summed E-state index contributed by atoms with van der Waals surface area (Å²) in [5.74, 6) is 3.77. The molecule has 2 N–H and O–H groups in total. The van der Waals surface area contributed by atoms with Crippen molar-refractivity contribution in [3.63, 3.8) is 0 Å². The van der Waals surface area contributed by atoms with Crippen LogP contribution in [-0.2, 0) is 58.4 Å². The zero-order valence-electron chi connectivity index (χ0n) is 39.4. The van der Waals surface area contributed by atoms with Crippen molar-refractivity contribution in [2.75, 3.05) is 33.4 Å². The van der Waals surface area contributed by atoms with Gasteiger partial charge in [-0.05, 0) is 89.1 Å². The summed E-state index contributed by atoms with van der Waals surface area (Å²) in [4.78, 5) is 35.3. The predicted octanol–water partition coefficient (Wildman–Crippen LogP) is 12.9. The lowest BCUT2D eigenvalue weighted by Gasteiger charge is -2.20. The molecular weight excluding hydrogens is 794 g/mol. The molecule has 1 unspecified atom stereocenters. The molecule has 0 aliphatic rings. The summed E-state index contributed by atoms with van der Waals surface area (Å²) in [5, 5.41) is 2.83. The molecular formula is C49H86NO10P. The van der Waals surface area contributed by atoms with E-state index in [9.17, 15) is 19.0 Å². The number of carbonyl (C=O) groups is 2. The summed E-state index contributed by atoms with van der Waals surface area (Å²) in [6.07, 6.45) is 28.0. The topological polar surface area (TPSA) is 147 Å². The number of unbranched alkanes of at least 4 members (excludes halogenated alkanes) is 18. The molecule has 0 aliphatic heterocycles. The van der Waals surface area contributed by atoms with Gasteiger partial charge in [-0.2, -0.15) is 0 Å². The Morgan fingerprint density at radius 2 is 1.11 bits per heavy atom. The number of phosphoric ester groups is 1. The van der Waals surface area contributed by atoms with Crippen molar-refractivity contribution in [1.82, 2.24) is 5.32 Å². The van der Waals surface area contributed by atoms with Gasteiger partial charge in [0, 0.05) is 45.1 Å². The van der Waals surface area contributed by atoms with Crippen LogP contribution < -0.4 is 5.32 Å². The fourth-order valence-electron chi connectivity index (χ4n) is 7.62. The molecule has 2 aromatic rings. The summed E-state index contributed by atoms with van der Waals surface area (Å²) in [6, 6.07) is 2.18. The Balaban J connectivity index is 1.56. The fourth-order valence-corrected chi connectivity index (χ4v) is 8.37. The van der Waals surface area contributed by atoms with Gasteiger partial charge in [-0.1, -0.05) is 117 Å². The lowest BCUT2D eigenvalue weighted by atomic mass is 10.0. The Labute approximate surface area is 370 Å². The van der Waals surface area contributed by atoms with Crippen LogP contribution in [0.15, 0.2) is 14.9 Å². The maximum absolute atomic E-state index is 12.7. The molecule has 61 heavy (non-hydrogen) atoms. The van der Waals surface area contributed by atoms with Crippen molar-refractivity contribution in [2.45, 2.75) is 221 Å². The smallest absolute Gasteiger partial charge is 0.466 e. The Hall–Kier alpha value is -2.43. The number of carbonyl (C=O) groups excluding carboxylic acids is 2. The third kappa shape index (κ3) is 26.1.